The Kier molecular flexibility index (Phi) is 7.70. The molecule has 2 heterocycles. The van der Waals surface area contributed by atoms with Gasteiger partial charge in [-0.3, -0.25) is 9.59 Å². The highest BCUT2D eigenvalue weighted by molar-refractivity contribution is 6.04. The number of nitrogens with one attached hydrogen (secondary N) is 2. The number of hydrogen-bond acceptors (Lipinski definition) is 4. The SMILES string of the molecule is O=C(Nc1cccc(Cn2ccccc2=O)c1)c1cccc(C2(F)CNC2)c1.O=C(O)C(F)(F)F. The van der Waals surface area contributed by atoms with Crippen molar-refractivity contribution in [2.45, 2.75) is 18.4 Å². The Labute approximate surface area is 197 Å². The normalized spacial score (nSPS) is 14.2. The van der Waals surface area contributed by atoms with E-state index < -0.39 is 17.8 Å². The summed E-state index contributed by atoms with van der Waals surface area (Å²) in [6.45, 7) is 0.939. The van der Waals surface area contributed by atoms with Crippen molar-refractivity contribution in [2.75, 3.05) is 18.4 Å². The van der Waals surface area contributed by atoms with E-state index in [0.29, 0.717) is 23.4 Å². The molecule has 7 nitrogen and oxygen atoms in total. The molecule has 1 amide bonds. The van der Waals surface area contributed by atoms with Gasteiger partial charge in [0.25, 0.3) is 11.5 Å². The molecule has 0 spiro atoms. The number of pyridine rings is 1. The molecule has 0 saturated carbocycles. The lowest BCUT2D eigenvalue weighted by molar-refractivity contribution is -0.192. The smallest absolute Gasteiger partial charge is 0.475 e. The Morgan fingerprint density at radius 3 is 2.31 bits per heavy atom. The van der Waals surface area contributed by atoms with Crippen LogP contribution in [0.4, 0.5) is 23.2 Å². The van der Waals surface area contributed by atoms with Gasteiger partial charge in [-0.15, -0.1) is 0 Å². The molecule has 184 valence electrons. The third-order valence-electron chi connectivity index (χ3n) is 5.13. The monoisotopic (exact) mass is 491 g/mol. The fourth-order valence-corrected chi connectivity index (χ4v) is 3.23. The number of carbonyl (C=O) groups is 2. The fourth-order valence-electron chi connectivity index (χ4n) is 3.23. The number of alkyl halides is 4. The first-order chi connectivity index (χ1) is 16.5. The molecule has 3 aromatic rings. The van der Waals surface area contributed by atoms with Gasteiger partial charge in [0, 0.05) is 36.6 Å². The zero-order valence-corrected chi connectivity index (χ0v) is 18.2. The molecule has 0 radical (unpaired) electrons. The molecule has 1 aliphatic rings. The molecule has 0 bridgehead atoms. The maximum absolute atomic E-state index is 14.6. The topological polar surface area (TPSA) is 100 Å². The maximum atomic E-state index is 14.6. The van der Waals surface area contributed by atoms with Crippen LogP contribution in [0.5, 0.6) is 0 Å². The van der Waals surface area contributed by atoms with Crippen molar-refractivity contribution in [3.8, 4) is 0 Å². The second-order valence-corrected chi connectivity index (χ2v) is 7.77. The summed E-state index contributed by atoms with van der Waals surface area (Å²) in [4.78, 5) is 33.4. The quantitative estimate of drug-likeness (QED) is 0.474. The Bertz CT molecular complexity index is 1270. The molecule has 35 heavy (non-hydrogen) atoms. The van der Waals surface area contributed by atoms with E-state index in [1.165, 1.54) is 6.07 Å². The first kappa shape index (κ1) is 25.6. The van der Waals surface area contributed by atoms with Gasteiger partial charge in [-0.25, -0.2) is 9.18 Å². The number of aliphatic carboxylic acids is 1. The number of carboxylic acids is 1. The largest absolute Gasteiger partial charge is 0.490 e. The average molecular weight is 491 g/mol. The van der Waals surface area contributed by atoms with E-state index in [4.69, 9.17) is 9.90 Å². The molecule has 0 unspecified atom stereocenters. The van der Waals surface area contributed by atoms with E-state index in [1.807, 2.05) is 18.2 Å². The van der Waals surface area contributed by atoms with E-state index >= 15 is 0 Å². The zero-order chi connectivity index (χ0) is 25.6. The number of carbonyl (C=O) groups excluding carboxylic acids is 1. The number of nitrogens with zero attached hydrogens (tertiary/aromatic N) is 1. The lowest BCUT2D eigenvalue weighted by Crippen LogP contribution is -2.53. The van der Waals surface area contributed by atoms with Gasteiger partial charge in [0.2, 0.25) is 0 Å². The van der Waals surface area contributed by atoms with Gasteiger partial charge in [-0.1, -0.05) is 30.3 Å². The number of carboxylic acid groups (broad SMARTS) is 1. The number of amides is 1. The number of rotatable bonds is 5. The Balaban J connectivity index is 0.000000429. The van der Waals surface area contributed by atoms with Crippen molar-refractivity contribution in [1.82, 2.24) is 9.88 Å². The van der Waals surface area contributed by atoms with Crippen molar-refractivity contribution < 1.29 is 32.3 Å². The summed E-state index contributed by atoms with van der Waals surface area (Å²) in [6, 6.07) is 19.0. The standard InChI is InChI=1S/C22H20FN3O2.C2HF3O2/c23-22(14-24-15-22)18-7-4-6-17(12-18)21(28)25-19-8-3-5-16(11-19)13-26-10-2-1-9-20(26)27;3-2(4,5)1(6)7/h1-12,24H,13-15H2,(H,25,28);(H,6,7). The second-order valence-electron chi connectivity index (χ2n) is 7.77. The maximum Gasteiger partial charge on any atom is 0.490 e. The third-order valence-corrected chi connectivity index (χ3v) is 5.13. The van der Waals surface area contributed by atoms with Crippen LogP contribution in [0.1, 0.15) is 21.5 Å². The van der Waals surface area contributed by atoms with Crippen molar-refractivity contribution in [1.29, 1.82) is 0 Å². The van der Waals surface area contributed by atoms with Gasteiger partial charge in [-0.2, -0.15) is 13.2 Å². The first-order valence-electron chi connectivity index (χ1n) is 10.3. The van der Waals surface area contributed by atoms with Crippen LogP contribution in [0.15, 0.2) is 77.7 Å². The van der Waals surface area contributed by atoms with Crippen molar-refractivity contribution in [2.24, 2.45) is 0 Å². The summed E-state index contributed by atoms with van der Waals surface area (Å²) in [6.07, 6.45) is -3.36. The summed E-state index contributed by atoms with van der Waals surface area (Å²) >= 11 is 0. The van der Waals surface area contributed by atoms with Crippen LogP contribution >= 0.6 is 0 Å². The number of halogens is 4. The highest BCUT2D eigenvalue weighted by Crippen LogP contribution is 2.30. The number of anilines is 1. The first-order valence-corrected chi connectivity index (χ1v) is 10.3. The molecule has 2 aromatic carbocycles. The van der Waals surface area contributed by atoms with E-state index in [2.05, 4.69) is 10.6 Å². The fraction of sp³-hybridized carbons (Fsp3) is 0.208. The molecular formula is C24H21F4N3O4. The molecule has 0 atom stereocenters. The summed E-state index contributed by atoms with van der Waals surface area (Å²) in [5.41, 5.74) is 0.945. The van der Waals surface area contributed by atoms with Crippen molar-refractivity contribution >= 4 is 17.6 Å². The minimum atomic E-state index is -5.08. The molecule has 3 N–H and O–H groups in total. The molecule has 1 aromatic heterocycles. The van der Waals surface area contributed by atoms with Crippen molar-refractivity contribution in [3.63, 3.8) is 0 Å². The Hall–Kier alpha value is -3.99. The average Bonchev–Trinajstić information content (AvgIpc) is 2.79. The predicted molar refractivity (Wildman–Crippen MR) is 120 cm³/mol. The molecule has 4 rings (SSSR count). The van der Waals surface area contributed by atoms with Gasteiger partial charge in [0.1, 0.15) is 0 Å². The molecular weight excluding hydrogens is 470 g/mol. The summed E-state index contributed by atoms with van der Waals surface area (Å²) < 4.78 is 47.9. The van der Waals surface area contributed by atoms with Crippen LogP contribution in [-0.2, 0) is 17.0 Å². The van der Waals surface area contributed by atoms with Crippen LogP contribution < -0.4 is 16.2 Å². The van der Waals surface area contributed by atoms with Gasteiger partial charge in [0.05, 0.1) is 6.54 Å². The Morgan fingerprint density at radius 1 is 1.03 bits per heavy atom. The number of hydrogen-bond donors (Lipinski definition) is 3. The molecule has 0 aliphatic carbocycles. The van der Waals surface area contributed by atoms with Crippen molar-refractivity contribution in [3.05, 3.63) is 100.0 Å². The number of benzene rings is 2. The van der Waals surface area contributed by atoms with Gasteiger partial charge in [-0.05, 0) is 41.5 Å². The lowest BCUT2D eigenvalue weighted by atomic mass is 9.89. The zero-order valence-electron chi connectivity index (χ0n) is 18.2. The Morgan fingerprint density at radius 2 is 1.71 bits per heavy atom. The van der Waals surface area contributed by atoms with Gasteiger partial charge in [0.15, 0.2) is 5.67 Å². The van der Waals surface area contributed by atoms with Crippen LogP contribution in [0.25, 0.3) is 0 Å². The summed E-state index contributed by atoms with van der Waals surface area (Å²) in [5.74, 6) is -3.06. The van der Waals surface area contributed by atoms with Crippen LogP contribution in [0.2, 0.25) is 0 Å². The van der Waals surface area contributed by atoms with E-state index in [9.17, 15) is 27.2 Å². The summed E-state index contributed by atoms with van der Waals surface area (Å²) in [5, 5.41) is 12.9. The molecule has 1 fully saturated rings. The van der Waals surface area contributed by atoms with Crippen LogP contribution in [0.3, 0.4) is 0 Å². The van der Waals surface area contributed by atoms with E-state index in [-0.39, 0.29) is 24.6 Å². The van der Waals surface area contributed by atoms with Crippen LogP contribution in [-0.4, -0.2) is 40.8 Å². The third kappa shape index (κ3) is 6.76. The minimum absolute atomic E-state index is 0.0839. The number of aromatic nitrogens is 1. The second kappa shape index (κ2) is 10.5. The predicted octanol–water partition coefficient (Wildman–Crippen LogP) is 3.55. The molecule has 1 aliphatic heterocycles. The lowest BCUT2D eigenvalue weighted by Gasteiger charge is -2.35. The molecule has 1 saturated heterocycles. The highest BCUT2D eigenvalue weighted by atomic mass is 19.4. The highest BCUT2D eigenvalue weighted by Gasteiger charge is 2.39. The van der Waals surface area contributed by atoms with E-state index in [0.717, 1.165) is 5.56 Å². The van der Waals surface area contributed by atoms with Crippen LogP contribution in [0, 0.1) is 0 Å². The van der Waals surface area contributed by atoms with Gasteiger partial charge >= 0.3 is 12.1 Å². The molecule has 11 heteroatoms. The van der Waals surface area contributed by atoms with E-state index in [1.54, 1.807) is 53.2 Å². The summed E-state index contributed by atoms with van der Waals surface area (Å²) in [7, 11) is 0. The minimum Gasteiger partial charge on any atom is -0.475 e. The van der Waals surface area contributed by atoms with Gasteiger partial charge < -0.3 is 20.3 Å².